The second-order valence-electron chi connectivity index (χ2n) is 2.13. The highest BCUT2D eigenvalue weighted by atomic mass is 127. The lowest BCUT2D eigenvalue weighted by molar-refractivity contribution is -0.117. The van der Waals surface area contributed by atoms with Crippen LogP contribution in [0.4, 0.5) is 0 Å². The van der Waals surface area contributed by atoms with Gasteiger partial charge < -0.3 is 5.11 Å². The number of aliphatic hydroxyl groups is 1. The van der Waals surface area contributed by atoms with E-state index < -0.39 is 3.61 Å². The molecule has 0 radical (unpaired) electrons. The quantitative estimate of drug-likeness (QED) is 0.491. The van der Waals surface area contributed by atoms with Gasteiger partial charge >= 0.3 is 0 Å². The number of Topliss-reactive ketones (excluding diaryl/α,β-unsaturated/α-hetero) is 1. The molecule has 8 heavy (non-hydrogen) atoms. The monoisotopic (exact) mass is 226 g/mol. The van der Waals surface area contributed by atoms with E-state index in [4.69, 9.17) is 5.11 Å². The van der Waals surface area contributed by atoms with Gasteiger partial charge in [0.05, 0.1) is 0 Å². The molecular weight excluding hydrogens is 219 g/mol. The molecule has 1 saturated carbocycles. The van der Waals surface area contributed by atoms with Crippen LogP contribution in [0.5, 0.6) is 0 Å². The van der Waals surface area contributed by atoms with Crippen molar-refractivity contribution in [3.63, 3.8) is 0 Å². The number of rotatable bonds is 0. The average molecular weight is 226 g/mol. The zero-order valence-electron chi connectivity index (χ0n) is 4.35. The van der Waals surface area contributed by atoms with Crippen molar-refractivity contribution in [3.8, 4) is 0 Å². The molecule has 0 bridgehead atoms. The molecule has 0 heterocycles. The van der Waals surface area contributed by atoms with Crippen LogP contribution in [0.1, 0.15) is 19.3 Å². The molecule has 1 unspecified atom stereocenters. The predicted octanol–water partition coefficient (Wildman–Crippen LogP) is 0.863. The van der Waals surface area contributed by atoms with Gasteiger partial charge in [-0.3, -0.25) is 4.79 Å². The molecular formula is C5H7IO2. The Morgan fingerprint density at radius 1 is 1.75 bits per heavy atom. The van der Waals surface area contributed by atoms with E-state index in [1.807, 2.05) is 22.6 Å². The van der Waals surface area contributed by atoms with Crippen LogP contribution in [0.25, 0.3) is 0 Å². The summed E-state index contributed by atoms with van der Waals surface area (Å²) in [6, 6.07) is 0. The van der Waals surface area contributed by atoms with E-state index in [-0.39, 0.29) is 5.78 Å². The van der Waals surface area contributed by atoms with Crippen molar-refractivity contribution in [2.75, 3.05) is 0 Å². The molecule has 2 nitrogen and oxygen atoms in total. The van der Waals surface area contributed by atoms with Gasteiger partial charge in [-0.05, 0) is 29.0 Å². The molecule has 1 N–H and O–H groups in total. The van der Waals surface area contributed by atoms with Gasteiger partial charge in [0.25, 0.3) is 0 Å². The van der Waals surface area contributed by atoms with Crippen molar-refractivity contribution >= 4 is 28.4 Å². The number of halogens is 1. The van der Waals surface area contributed by atoms with Crippen LogP contribution in [0.2, 0.25) is 0 Å². The predicted molar refractivity (Wildman–Crippen MR) is 37.8 cm³/mol. The largest absolute Gasteiger partial charge is 0.379 e. The number of hydrogen-bond acceptors (Lipinski definition) is 2. The van der Waals surface area contributed by atoms with E-state index in [2.05, 4.69) is 0 Å². The molecule has 46 valence electrons. The fraction of sp³-hybridized carbons (Fsp3) is 0.800. The topological polar surface area (TPSA) is 37.3 Å². The standard InChI is InChI=1S/C5H7IO2/c6-5(8)2-1-4(7)3-5/h8H,1-3H2. The fourth-order valence-electron chi connectivity index (χ4n) is 0.810. The third-order valence-corrected chi connectivity index (χ3v) is 2.18. The van der Waals surface area contributed by atoms with Gasteiger partial charge in [-0.2, -0.15) is 0 Å². The zero-order chi connectivity index (χ0) is 6.20. The lowest BCUT2D eigenvalue weighted by Crippen LogP contribution is -2.13. The van der Waals surface area contributed by atoms with E-state index in [0.717, 1.165) is 0 Å². The molecule has 1 aliphatic rings. The van der Waals surface area contributed by atoms with Crippen LogP contribution < -0.4 is 0 Å². The number of ketones is 1. The summed E-state index contributed by atoms with van der Waals surface area (Å²) in [4.78, 5) is 10.5. The molecule has 1 rings (SSSR count). The molecule has 0 aromatic heterocycles. The fourth-order valence-corrected chi connectivity index (χ4v) is 1.50. The number of hydrogen-bond donors (Lipinski definition) is 1. The van der Waals surface area contributed by atoms with Gasteiger partial charge in [0.15, 0.2) is 0 Å². The smallest absolute Gasteiger partial charge is 0.136 e. The lowest BCUT2D eigenvalue weighted by atomic mass is 10.3. The summed E-state index contributed by atoms with van der Waals surface area (Å²) >= 11 is 1.92. The van der Waals surface area contributed by atoms with Crippen molar-refractivity contribution in [2.24, 2.45) is 0 Å². The zero-order valence-corrected chi connectivity index (χ0v) is 6.51. The van der Waals surface area contributed by atoms with E-state index in [1.54, 1.807) is 0 Å². The second kappa shape index (κ2) is 1.95. The normalized spacial score (nSPS) is 38.5. The minimum absolute atomic E-state index is 0.182. The minimum atomic E-state index is -0.713. The molecule has 0 aliphatic heterocycles. The average Bonchev–Trinajstić information content (AvgIpc) is 1.82. The van der Waals surface area contributed by atoms with Crippen LogP contribution in [0, 0.1) is 0 Å². The summed E-state index contributed by atoms with van der Waals surface area (Å²) in [5.74, 6) is 0.182. The molecule has 1 fully saturated rings. The maximum atomic E-state index is 10.5. The summed E-state index contributed by atoms with van der Waals surface area (Å²) < 4.78 is -0.713. The molecule has 0 spiro atoms. The van der Waals surface area contributed by atoms with Crippen LogP contribution in [-0.4, -0.2) is 14.5 Å². The summed E-state index contributed by atoms with van der Waals surface area (Å²) in [7, 11) is 0. The van der Waals surface area contributed by atoms with Crippen LogP contribution in [-0.2, 0) is 4.79 Å². The number of carbonyl (C=O) groups excluding carboxylic acids is 1. The van der Waals surface area contributed by atoms with Gasteiger partial charge in [-0.1, -0.05) is 0 Å². The lowest BCUT2D eigenvalue weighted by Gasteiger charge is -2.08. The van der Waals surface area contributed by atoms with E-state index >= 15 is 0 Å². The Labute approximate surface area is 61.4 Å². The third-order valence-electron chi connectivity index (χ3n) is 1.25. The molecule has 1 aliphatic carbocycles. The van der Waals surface area contributed by atoms with Crippen molar-refractivity contribution < 1.29 is 9.90 Å². The Balaban J connectivity index is 2.56. The van der Waals surface area contributed by atoms with E-state index in [0.29, 0.717) is 19.3 Å². The third kappa shape index (κ3) is 1.42. The molecule has 1 atom stereocenters. The Hall–Kier alpha value is 0.360. The highest BCUT2D eigenvalue weighted by molar-refractivity contribution is 14.1. The highest BCUT2D eigenvalue weighted by Crippen LogP contribution is 2.32. The maximum Gasteiger partial charge on any atom is 0.136 e. The number of alkyl halides is 1. The molecule has 0 saturated heterocycles. The first-order valence-electron chi connectivity index (χ1n) is 2.53. The van der Waals surface area contributed by atoms with Crippen molar-refractivity contribution in [1.29, 1.82) is 0 Å². The summed E-state index contributed by atoms with van der Waals surface area (Å²) in [6.07, 6.45) is 1.53. The number of carbonyl (C=O) groups is 1. The minimum Gasteiger partial charge on any atom is -0.379 e. The second-order valence-corrected chi connectivity index (χ2v) is 4.14. The summed E-state index contributed by atoms with van der Waals surface area (Å²) in [5.41, 5.74) is 0. The van der Waals surface area contributed by atoms with Gasteiger partial charge in [-0.25, -0.2) is 0 Å². The highest BCUT2D eigenvalue weighted by Gasteiger charge is 2.32. The van der Waals surface area contributed by atoms with Gasteiger partial charge in [0.2, 0.25) is 0 Å². The maximum absolute atomic E-state index is 10.5. The van der Waals surface area contributed by atoms with Gasteiger partial charge in [-0.15, -0.1) is 0 Å². The SMILES string of the molecule is O=C1CCC(O)(I)C1. The van der Waals surface area contributed by atoms with Gasteiger partial charge in [0, 0.05) is 12.8 Å². The Morgan fingerprint density at radius 2 is 2.38 bits per heavy atom. The molecule has 3 heteroatoms. The van der Waals surface area contributed by atoms with Crippen molar-refractivity contribution in [2.45, 2.75) is 22.9 Å². The van der Waals surface area contributed by atoms with Crippen LogP contribution in [0.3, 0.4) is 0 Å². The Kier molecular flexibility index (Phi) is 1.58. The van der Waals surface area contributed by atoms with E-state index in [1.165, 1.54) is 0 Å². The molecule has 0 amide bonds. The first-order chi connectivity index (χ1) is 3.60. The first kappa shape index (κ1) is 6.48. The van der Waals surface area contributed by atoms with Crippen LogP contribution in [0.15, 0.2) is 0 Å². The Bertz CT molecular complexity index is 120. The van der Waals surface area contributed by atoms with Crippen LogP contribution >= 0.6 is 22.6 Å². The first-order valence-corrected chi connectivity index (χ1v) is 3.61. The Morgan fingerprint density at radius 3 is 2.50 bits per heavy atom. The summed E-state index contributed by atoms with van der Waals surface area (Å²) in [5, 5.41) is 9.13. The van der Waals surface area contributed by atoms with Crippen molar-refractivity contribution in [3.05, 3.63) is 0 Å². The summed E-state index contributed by atoms with van der Waals surface area (Å²) in [6.45, 7) is 0. The molecule has 0 aromatic carbocycles. The molecule has 0 aromatic rings. The van der Waals surface area contributed by atoms with E-state index in [9.17, 15) is 4.79 Å². The van der Waals surface area contributed by atoms with Gasteiger partial charge in [0.1, 0.15) is 9.39 Å². The van der Waals surface area contributed by atoms with Crippen molar-refractivity contribution in [1.82, 2.24) is 0 Å².